The molecule has 1 N–H and O–H groups in total. The van der Waals surface area contributed by atoms with Crippen LogP contribution in [0, 0.1) is 0 Å². The second kappa shape index (κ2) is 8.98. The summed E-state index contributed by atoms with van der Waals surface area (Å²) in [6, 6.07) is 23.1. The SMILES string of the molecule is O=C(Cn1c(=O)c(S(=O)(=O)c2ccccc2)cc2ccccc21)NCc1ccccc1Cl. The van der Waals surface area contributed by atoms with Crippen LogP contribution in [0.25, 0.3) is 10.9 Å². The number of hydrogen-bond acceptors (Lipinski definition) is 4. The number of sulfone groups is 1. The molecule has 1 aromatic heterocycles. The Hall–Kier alpha value is -3.42. The van der Waals surface area contributed by atoms with Gasteiger partial charge in [0, 0.05) is 11.6 Å². The maximum absolute atomic E-state index is 13.2. The smallest absolute Gasteiger partial charge is 0.270 e. The first-order chi connectivity index (χ1) is 15.4. The molecular formula is C24H19ClN2O4S. The normalized spacial score (nSPS) is 11.4. The van der Waals surface area contributed by atoms with Crippen LogP contribution < -0.4 is 10.9 Å². The van der Waals surface area contributed by atoms with Crippen molar-refractivity contribution in [3.05, 3.63) is 106 Å². The minimum atomic E-state index is -4.06. The maximum atomic E-state index is 13.2. The van der Waals surface area contributed by atoms with E-state index < -0.39 is 21.3 Å². The third-order valence-electron chi connectivity index (χ3n) is 5.05. The molecular weight excluding hydrogens is 448 g/mol. The van der Waals surface area contributed by atoms with E-state index in [0.29, 0.717) is 15.9 Å². The van der Waals surface area contributed by atoms with Crippen molar-refractivity contribution >= 4 is 38.2 Å². The number of pyridine rings is 1. The Morgan fingerprint density at radius 3 is 2.31 bits per heavy atom. The quantitative estimate of drug-likeness (QED) is 0.468. The lowest BCUT2D eigenvalue weighted by molar-refractivity contribution is -0.121. The van der Waals surface area contributed by atoms with Gasteiger partial charge in [0.1, 0.15) is 11.4 Å². The predicted octanol–water partition coefficient (Wildman–Crippen LogP) is 3.80. The standard InChI is InChI=1S/C24H19ClN2O4S/c25-20-12-6-4-9-18(20)15-26-23(28)16-27-21-13-7-5-8-17(21)14-22(24(27)29)32(30,31)19-10-2-1-3-11-19/h1-14H,15-16H2,(H,26,28). The molecule has 0 atom stereocenters. The summed E-state index contributed by atoms with van der Waals surface area (Å²) in [7, 11) is -4.06. The zero-order valence-electron chi connectivity index (χ0n) is 16.9. The van der Waals surface area contributed by atoms with Crippen molar-refractivity contribution in [1.82, 2.24) is 9.88 Å². The number of halogens is 1. The molecule has 32 heavy (non-hydrogen) atoms. The molecule has 1 amide bonds. The molecule has 162 valence electrons. The van der Waals surface area contributed by atoms with Gasteiger partial charge < -0.3 is 5.32 Å². The minimum absolute atomic E-state index is 0.0158. The molecule has 0 saturated carbocycles. The predicted molar refractivity (Wildman–Crippen MR) is 123 cm³/mol. The van der Waals surface area contributed by atoms with Crippen molar-refractivity contribution in [3.8, 4) is 0 Å². The van der Waals surface area contributed by atoms with Gasteiger partial charge in [-0.15, -0.1) is 0 Å². The molecule has 0 aliphatic carbocycles. The third kappa shape index (κ3) is 4.30. The summed E-state index contributed by atoms with van der Waals surface area (Å²) in [4.78, 5) is 25.6. The molecule has 8 heteroatoms. The Morgan fingerprint density at radius 1 is 0.906 bits per heavy atom. The summed E-state index contributed by atoms with van der Waals surface area (Å²) in [5.74, 6) is -0.438. The Morgan fingerprint density at radius 2 is 1.56 bits per heavy atom. The number of nitrogens with zero attached hydrogens (tertiary/aromatic N) is 1. The average molecular weight is 467 g/mol. The summed E-state index contributed by atoms with van der Waals surface area (Å²) >= 11 is 6.13. The van der Waals surface area contributed by atoms with Crippen molar-refractivity contribution in [2.75, 3.05) is 0 Å². The van der Waals surface area contributed by atoms with Crippen molar-refractivity contribution in [2.24, 2.45) is 0 Å². The van der Waals surface area contributed by atoms with Crippen LogP contribution in [0.5, 0.6) is 0 Å². The first-order valence-electron chi connectivity index (χ1n) is 9.81. The van der Waals surface area contributed by atoms with Gasteiger partial charge in [0.15, 0.2) is 0 Å². The topological polar surface area (TPSA) is 85.2 Å². The minimum Gasteiger partial charge on any atom is -0.350 e. The van der Waals surface area contributed by atoms with E-state index in [1.807, 2.05) is 6.07 Å². The highest BCUT2D eigenvalue weighted by Crippen LogP contribution is 2.22. The number of benzene rings is 3. The summed E-state index contributed by atoms with van der Waals surface area (Å²) in [6.07, 6.45) is 0. The maximum Gasteiger partial charge on any atom is 0.270 e. The van der Waals surface area contributed by atoms with Gasteiger partial charge in [0.25, 0.3) is 5.56 Å². The highest BCUT2D eigenvalue weighted by Gasteiger charge is 2.24. The van der Waals surface area contributed by atoms with Crippen LogP contribution in [-0.4, -0.2) is 18.9 Å². The monoisotopic (exact) mass is 466 g/mol. The molecule has 6 nitrogen and oxygen atoms in total. The van der Waals surface area contributed by atoms with Crippen LogP contribution in [0.2, 0.25) is 5.02 Å². The lowest BCUT2D eigenvalue weighted by Gasteiger charge is -2.14. The number of para-hydroxylation sites is 1. The largest absolute Gasteiger partial charge is 0.350 e. The number of amides is 1. The lowest BCUT2D eigenvalue weighted by Crippen LogP contribution is -2.34. The van der Waals surface area contributed by atoms with Crippen LogP contribution in [0.4, 0.5) is 0 Å². The molecule has 0 radical (unpaired) electrons. The molecule has 0 aliphatic heterocycles. The van der Waals surface area contributed by atoms with Crippen LogP contribution in [0.3, 0.4) is 0 Å². The summed E-state index contributed by atoms with van der Waals surface area (Å²) in [6.45, 7) is -0.144. The number of hydrogen-bond donors (Lipinski definition) is 1. The molecule has 0 aliphatic rings. The molecule has 4 aromatic rings. The van der Waals surface area contributed by atoms with Gasteiger partial charge >= 0.3 is 0 Å². The number of carbonyl (C=O) groups is 1. The second-order valence-electron chi connectivity index (χ2n) is 7.14. The van der Waals surface area contributed by atoms with Gasteiger partial charge in [-0.3, -0.25) is 14.2 Å². The molecule has 0 spiro atoms. The van der Waals surface area contributed by atoms with Gasteiger partial charge in [-0.2, -0.15) is 0 Å². The Balaban J connectivity index is 1.73. The van der Waals surface area contributed by atoms with E-state index in [1.165, 1.54) is 22.8 Å². The number of nitrogens with one attached hydrogen (secondary N) is 1. The Labute approximate surface area is 190 Å². The molecule has 4 rings (SSSR count). The zero-order valence-corrected chi connectivity index (χ0v) is 18.4. The lowest BCUT2D eigenvalue weighted by atomic mass is 10.2. The first kappa shape index (κ1) is 21.8. The zero-order chi connectivity index (χ0) is 22.7. The highest BCUT2D eigenvalue weighted by atomic mass is 35.5. The molecule has 0 bridgehead atoms. The summed E-state index contributed by atoms with van der Waals surface area (Å²) in [5.41, 5.74) is 0.456. The number of fused-ring (bicyclic) bond motifs is 1. The van der Waals surface area contributed by atoms with E-state index in [2.05, 4.69) is 5.32 Å². The van der Waals surface area contributed by atoms with E-state index in [9.17, 15) is 18.0 Å². The highest BCUT2D eigenvalue weighted by molar-refractivity contribution is 7.91. The van der Waals surface area contributed by atoms with Gasteiger partial charge in [0.05, 0.1) is 10.4 Å². The van der Waals surface area contributed by atoms with Crippen molar-refractivity contribution in [3.63, 3.8) is 0 Å². The second-order valence-corrected chi connectivity index (χ2v) is 9.47. The van der Waals surface area contributed by atoms with Crippen LogP contribution >= 0.6 is 11.6 Å². The van der Waals surface area contributed by atoms with Crippen LogP contribution in [-0.2, 0) is 27.7 Å². The van der Waals surface area contributed by atoms with Gasteiger partial charge in [-0.1, -0.05) is 66.2 Å². The van der Waals surface area contributed by atoms with Gasteiger partial charge in [0.2, 0.25) is 15.7 Å². The third-order valence-corrected chi connectivity index (χ3v) is 7.18. The number of aromatic nitrogens is 1. The van der Waals surface area contributed by atoms with E-state index in [4.69, 9.17) is 11.6 Å². The van der Waals surface area contributed by atoms with E-state index in [1.54, 1.807) is 60.7 Å². The molecule has 1 heterocycles. The average Bonchev–Trinajstić information content (AvgIpc) is 2.80. The van der Waals surface area contributed by atoms with E-state index >= 15 is 0 Å². The van der Waals surface area contributed by atoms with E-state index in [0.717, 1.165) is 5.56 Å². The molecule has 0 unspecified atom stereocenters. The Bertz CT molecular complexity index is 1460. The van der Waals surface area contributed by atoms with Crippen LogP contribution in [0.1, 0.15) is 5.56 Å². The first-order valence-corrected chi connectivity index (χ1v) is 11.7. The fraction of sp³-hybridized carbons (Fsp3) is 0.0833. The molecule has 0 saturated heterocycles. The van der Waals surface area contributed by atoms with Gasteiger partial charge in [-0.05, 0) is 41.3 Å². The number of rotatable bonds is 6. The van der Waals surface area contributed by atoms with Crippen LogP contribution in [0.15, 0.2) is 99.5 Å². The van der Waals surface area contributed by atoms with Crippen molar-refractivity contribution in [1.29, 1.82) is 0 Å². The molecule has 3 aromatic carbocycles. The van der Waals surface area contributed by atoms with Crippen molar-refractivity contribution < 1.29 is 13.2 Å². The fourth-order valence-corrected chi connectivity index (χ4v) is 5.01. The summed E-state index contributed by atoms with van der Waals surface area (Å²) in [5, 5.41) is 3.80. The fourth-order valence-electron chi connectivity index (χ4n) is 3.41. The van der Waals surface area contributed by atoms with E-state index in [-0.39, 0.29) is 22.9 Å². The van der Waals surface area contributed by atoms with Crippen molar-refractivity contribution in [2.45, 2.75) is 22.9 Å². The number of carbonyl (C=O) groups excluding carboxylic acids is 1. The van der Waals surface area contributed by atoms with Gasteiger partial charge in [-0.25, -0.2) is 8.42 Å². The summed E-state index contributed by atoms with van der Waals surface area (Å²) < 4.78 is 27.5. The Kier molecular flexibility index (Phi) is 6.12. The molecule has 0 fully saturated rings.